The second kappa shape index (κ2) is 9.81. The van der Waals surface area contributed by atoms with Crippen molar-refractivity contribution in [1.82, 2.24) is 19.8 Å². The maximum Gasteiger partial charge on any atom is 0.187 e. The number of nitrogens with zero attached hydrogens (tertiary/aromatic N) is 4. The topological polar surface area (TPSA) is 32.3 Å². The highest BCUT2D eigenvalue weighted by Gasteiger charge is 2.23. The van der Waals surface area contributed by atoms with Crippen molar-refractivity contribution in [3.05, 3.63) is 53.6 Å². The lowest BCUT2D eigenvalue weighted by molar-refractivity contribution is 0.198. The fourth-order valence-electron chi connectivity index (χ4n) is 4.26. The quantitative estimate of drug-likeness (QED) is 0.514. The van der Waals surface area contributed by atoms with E-state index in [9.17, 15) is 4.39 Å². The first kappa shape index (κ1) is 19.8. The average molecular weight is 401 g/mol. The molecule has 1 atom stereocenters. The van der Waals surface area contributed by atoms with E-state index in [1.165, 1.54) is 32.0 Å². The van der Waals surface area contributed by atoms with Gasteiger partial charge in [0.05, 0.1) is 0 Å². The highest BCUT2D eigenvalue weighted by Crippen LogP contribution is 2.27. The molecule has 4 nitrogen and oxygen atoms in total. The molecule has 4 rings (SSSR count). The van der Waals surface area contributed by atoms with Crippen molar-refractivity contribution in [1.29, 1.82) is 0 Å². The van der Waals surface area contributed by atoms with Crippen molar-refractivity contribution < 1.29 is 4.39 Å². The van der Waals surface area contributed by atoms with Crippen LogP contribution in [0.15, 0.2) is 41.7 Å². The molecule has 0 bridgehead atoms. The largest absolute Gasteiger partial charge is 0.303 e. The Balaban J connectivity index is 1.32. The number of halogens is 1. The fourth-order valence-corrected chi connectivity index (χ4v) is 5.09. The third-order valence-corrected chi connectivity index (χ3v) is 6.55. The molecule has 28 heavy (non-hydrogen) atoms. The molecule has 0 N–H and O–H groups in total. The lowest BCUT2D eigenvalue weighted by Gasteiger charge is -2.32. The predicted octanol–water partition coefficient (Wildman–Crippen LogP) is 4.18. The zero-order valence-corrected chi connectivity index (χ0v) is 17.2. The van der Waals surface area contributed by atoms with Gasteiger partial charge in [0.15, 0.2) is 5.16 Å². The Morgan fingerprint density at radius 1 is 1.07 bits per heavy atom. The van der Waals surface area contributed by atoms with Gasteiger partial charge >= 0.3 is 0 Å². The lowest BCUT2D eigenvalue weighted by Crippen LogP contribution is -2.34. The van der Waals surface area contributed by atoms with Crippen LogP contribution in [0.1, 0.15) is 42.9 Å². The van der Waals surface area contributed by atoms with Crippen molar-refractivity contribution in [2.24, 2.45) is 0 Å². The SMILES string of the molecule is Fc1cccc(CN2CCC[C@H](c3ccnc(SCCN4CCCC4)n3)C2)c1. The number of piperidine rings is 1. The van der Waals surface area contributed by atoms with Crippen LogP contribution >= 0.6 is 11.8 Å². The minimum Gasteiger partial charge on any atom is -0.303 e. The van der Waals surface area contributed by atoms with Crippen LogP contribution in [0.5, 0.6) is 0 Å². The van der Waals surface area contributed by atoms with Gasteiger partial charge in [-0.2, -0.15) is 0 Å². The zero-order chi connectivity index (χ0) is 19.2. The molecule has 6 heteroatoms. The average Bonchev–Trinajstić information content (AvgIpc) is 3.22. The van der Waals surface area contributed by atoms with Crippen molar-refractivity contribution in [3.63, 3.8) is 0 Å². The molecule has 0 spiro atoms. The number of hydrogen-bond acceptors (Lipinski definition) is 5. The van der Waals surface area contributed by atoms with E-state index in [1.54, 1.807) is 23.9 Å². The van der Waals surface area contributed by atoms with Crippen LogP contribution in [-0.2, 0) is 6.54 Å². The Bertz CT molecular complexity index is 766. The molecule has 1 aromatic heterocycles. The first-order valence-electron chi connectivity index (χ1n) is 10.4. The van der Waals surface area contributed by atoms with Gasteiger partial charge in [-0.25, -0.2) is 14.4 Å². The van der Waals surface area contributed by atoms with E-state index in [1.807, 2.05) is 12.3 Å². The molecule has 2 aliphatic heterocycles. The van der Waals surface area contributed by atoms with Gasteiger partial charge in [0.25, 0.3) is 0 Å². The summed E-state index contributed by atoms with van der Waals surface area (Å²) in [6.07, 6.45) is 6.90. The highest BCUT2D eigenvalue weighted by atomic mass is 32.2. The molecule has 2 aliphatic rings. The monoisotopic (exact) mass is 400 g/mol. The lowest BCUT2D eigenvalue weighted by atomic mass is 9.94. The Hall–Kier alpha value is -1.50. The van der Waals surface area contributed by atoms with Gasteiger partial charge in [0.1, 0.15) is 5.82 Å². The van der Waals surface area contributed by atoms with Gasteiger partial charge in [-0.05, 0) is 69.1 Å². The molecule has 0 aliphatic carbocycles. The molecule has 0 amide bonds. The van der Waals surface area contributed by atoms with Crippen LogP contribution in [0, 0.1) is 5.82 Å². The van der Waals surface area contributed by atoms with Crippen molar-refractivity contribution in [2.45, 2.75) is 43.3 Å². The second-order valence-electron chi connectivity index (χ2n) is 7.87. The summed E-state index contributed by atoms with van der Waals surface area (Å²) < 4.78 is 13.5. The Labute approximate surface area is 171 Å². The maximum absolute atomic E-state index is 13.5. The van der Waals surface area contributed by atoms with Crippen LogP contribution in [-0.4, -0.2) is 58.2 Å². The van der Waals surface area contributed by atoms with E-state index >= 15 is 0 Å². The fraction of sp³-hybridized carbons (Fsp3) is 0.545. The molecule has 3 heterocycles. The molecule has 2 aromatic rings. The summed E-state index contributed by atoms with van der Waals surface area (Å²) in [5.74, 6) is 1.33. The molecular weight excluding hydrogens is 371 g/mol. The van der Waals surface area contributed by atoms with Crippen LogP contribution in [0.2, 0.25) is 0 Å². The molecule has 150 valence electrons. The highest BCUT2D eigenvalue weighted by molar-refractivity contribution is 7.99. The van der Waals surface area contributed by atoms with E-state index in [0.29, 0.717) is 5.92 Å². The van der Waals surface area contributed by atoms with Crippen LogP contribution in [0.3, 0.4) is 0 Å². The molecule has 2 saturated heterocycles. The standard InChI is InChI=1S/C22H29FN4S/c23-20-7-3-5-18(15-20)16-27-12-4-6-19(17-27)21-8-9-24-22(25-21)28-14-13-26-10-1-2-11-26/h3,5,7-9,15,19H,1-2,4,6,10-14,16-17H2/t19-/m0/s1. The maximum atomic E-state index is 13.5. The third kappa shape index (κ3) is 5.52. The van der Waals surface area contributed by atoms with Gasteiger partial charge in [-0.1, -0.05) is 23.9 Å². The van der Waals surface area contributed by atoms with E-state index in [0.717, 1.165) is 61.2 Å². The van der Waals surface area contributed by atoms with E-state index in [-0.39, 0.29) is 5.82 Å². The normalized spacial score (nSPS) is 21.2. The van der Waals surface area contributed by atoms with Crippen molar-refractivity contribution in [2.75, 3.05) is 38.5 Å². The first-order chi connectivity index (χ1) is 13.8. The summed E-state index contributed by atoms with van der Waals surface area (Å²) in [5, 5.41) is 0.902. The van der Waals surface area contributed by atoms with Gasteiger partial charge in [-0.15, -0.1) is 0 Å². The van der Waals surface area contributed by atoms with Crippen molar-refractivity contribution >= 4 is 11.8 Å². The number of likely N-dealkylation sites (tertiary alicyclic amines) is 2. The number of hydrogen-bond donors (Lipinski definition) is 0. The summed E-state index contributed by atoms with van der Waals surface area (Å²) in [7, 11) is 0. The van der Waals surface area contributed by atoms with Crippen LogP contribution in [0.25, 0.3) is 0 Å². The number of aromatic nitrogens is 2. The second-order valence-corrected chi connectivity index (χ2v) is 8.93. The molecule has 0 unspecified atom stereocenters. The van der Waals surface area contributed by atoms with Crippen LogP contribution < -0.4 is 0 Å². The van der Waals surface area contributed by atoms with Gasteiger partial charge in [0, 0.05) is 43.2 Å². The summed E-state index contributed by atoms with van der Waals surface area (Å²) in [6.45, 7) is 6.45. The van der Waals surface area contributed by atoms with E-state index < -0.39 is 0 Å². The number of benzene rings is 1. The minimum atomic E-state index is -0.155. The Kier molecular flexibility index (Phi) is 6.94. The number of thioether (sulfide) groups is 1. The van der Waals surface area contributed by atoms with Crippen molar-refractivity contribution in [3.8, 4) is 0 Å². The minimum absolute atomic E-state index is 0.155. The van der Waals surface area contributed by atoms with Gasteiger partial charge in [0.2, 0.25) is 0 Å². The van der Waals surface area contributed by atoms with E-state index in [4.69, 9.17) is 4.98 Å². The summed E-state index contributed by atoms with van der Waals surface area (Å²) >= 11 is 1.77. The van der Waals surface area contributed by atoms with Crippen LogP contribution in [0.4, 0.5) is 4.39 Å². The summed E-state index contributed by atoms with van der Waals surface area (Å²) in [4.78, 5) is 14.3. The summed E-state index contributed by atoms with van der Waals surface area (Å²) in [6, 6.07) is 9.02. The van der Waals surface area contributed by atoms with Gasteiger partial charge in [-0.3, -0.25) is 4.90 Å². The third-order valence-electron chi connectivity index (χ3n) is 5.71. The summed E-state index contributed by atoms with van der Waals surface area (Å²) in [5.41, 5.74) is 2.20. The Morgan fingerprint density at radius 3 is 2.79 bits per heavy atom. The molecule has 1 aromatic carbocycles. The van der Waals surface area contributed by atoms with Gasteiger partial charge < -0.3 is 4.90 Å². The zero-order valence-electron chi connectivity index (χ0n) is 16.4. The first-order valence-corrected chi connectivity index (χ1v) is 11.4. The molecule has 2 fully saturated rings. The number of rotatable bonds is 7. The molecule has 0 saturated carbocycles. The molecule has 0 radical (unpaired) electrons. The smallest absolute Gasteiger partial charge is 0.187 e. The predicted molar refractivity (Wildman–Crippen MR) is 112 cm³/mol. The van der Waals surface area contributed by atoms with E-state index in [2.05, 4.69) is 20.9 Å². The molecular formula is C22H29FN4S. The Morgan fingerprint density at radius 2 is 1.93 bits per heavy atom.